The van der Waals surface area contributed by atoms with Gasteiger partial charge in [0.2, 0.25) is 15.8 Å². The SMILES string of the molecule is CSc1ccc(/C=C/C(=O)OC(C)C(=O)c2ccc(NS(C)(=O)=O)cc2)cc1. The van der Waals surface area contributed by atoms with Gasteiger partial charge in [0.25, 0.3) is 0 Å². The van der Waals surface area contributed by atoms with Crippen molar-refractivity contribution in [1.82, 2.24) is 0 Å². The Morgan fingerprint density at radius 1 is 1.07 bits per heavy atom. The van der Waals surface area contributed by atoms with Gasteiger partial charge >= 0.3 is 5.97 Å². The van der Waals surface area contributed by atoms with E-state index in [0.29, 0.717) is 11.3 Å². The quantitative estimate of drug-likeness (QED) is 0.304. The normalized spacial score (nSPS) is 12.5. The van der Waals surface area contributed by atoms with Gasteiger partial charge in [0.05, 0.1) is 6.26 Å². The van der Waals surface area contributed by atoms with Crippen molar-refractivity contribution in [3.8, 4) is 0 Å². The van der Waals surface area contributed by atoms with Crippen molar-refractivity contribution in [3.63, 3.8) is 0 Å². The minimum atomic E-state index is -3.39. The number of hydrogen-bond acceptors (Lipinski definition) is 6. The number of rotatable bonds is 8. The third-order valence-corrected chi connectivity index (χ3v) is 5.01. The number of hydrogen-bond donors (Lipinski definition) is 1. The fourth-order valence-electron chi connectivity index (χ4n) is 2.30. The lowest BCUT2D eigenvalue weighted by atomic mass is 10.1. The maximum absolute atomic E-state index is 12.4. The molecule has 0 aliphatic rings. The van der Waals surface area contributed by atoms with Crippen LogP contribution in [0.1, 0.15) is 22.8 Å². The number of nitrogens with one attached hydrogen (secondary N) is 1. The molecule has 0 saturated heterocycles. The van der Waals surface area contributed by atoms with E-state index in [4.69, 9.17) is 4.74 Å². The Morgan fingerprint density at radius 2 is 1.68 bits per heavy atom. The summed E-state index contributed by atoms with van der Waals surface area (Å²) in [5, 5.41) is 0. The summed E-state index contributed by atoms with van der Waals surface area (Å²) in [6, 6.07) is 13.6. The molecular weight excluding hydrogens is 398 g/mol. The highest BCUT2D eigenvalue weighted by atomic mass is 32.2. The number of sulfonamides is 1. The fraction of sp³-hybridized carbons (Fsp3) is 0.200. The molecule has 28 heavy (non-hydrogen) atoms. The summed E-state index contributed by atoms with van der Waals surface area (Å²) >= 11 is 1.63. The number of ether oxygens (including phenoxy) is 1. The first kappa shape index (κ1) is 21.7. The summed E-state index contributed by atoms with van der Waals surface area (Å²) in [7, 11) is -3.39. The van der Waals surface area contributed by atoms with Crippen LogP contribution >= 0.6 is 11.8 Å². The van der Waals surface area contributed by atoms with Crippen molar-refractivity contribution in [2.45, 2.75) is 17.9 Å². The molecule has 0 saturated carbocycles. The van der Waals surface area contributed by atoms with Crippen molar-refractivity contribution in [2.24, 2.45) is 0 Å². The molecule has 6 nitrogen and oxygen atoms in total. The second kappa shape index (κ2) is 9.57. The lowest BCUT2D eigenvalue weighted by Crippen LogP contribution is -2.23. The van der Waals surface area contributed by atoms with Gasteiger partial charge in [-0.2, -0.15) is 0 Å². The van der Waals surface area contributed by atoms with Crippen molar-refractivity contribution in [1.29, 1.82) is 0 Å². The predicted molar refractivity (Wildman–Crippen MR) is 112 cm³/mol. The average Bonchev–Trinajstić information content (AvgIpc) is 2.65. The maximum atomic E-state index is 12.4. The highest BCUT2D eigenvalue weighted by Gasteiger charge is 2.18. The van der Waals surface area contributed by atoms with Crippen LogP contribution in [-0.4, -0.2) is 38.8 Å². The summed E-state index contributed by atoms with van der Waals surface area (Å²) in [6.07, 6.45) is 4.95. The molecule has 2 rings (SSSR count). The van der Waals surface area contributed by atoms with Crippen LogP contribution in [0, 0.1) is 0 Å². The number of benzene rings is 2. The van der Waals surface area contributed by atoms with E-state index in [1.165, 1.54) is 37.3 Å². The van der Waals surface area contributed by atoms with E-state index < -0.39 is 22.1 Å². The topological polar surface area (TPSA) is 89.5 Å². The Kier molecular flexibility index (Phi) is 7.42. The molecule has 1 unspecified atom stereocenters. The summed E-state index contributed by atoms with van der Waals surface area (Å²) in [5.41, 5.74) is 1.51. The molecule has 8 heteroatoms. The summed E-state index contributed by atoms with van der Waals surface area (Å²) in [6.45, 7) is 1.49. The summed E-state index contributed by atoms with van der Waals surface area (Å²) in [5.74, 6) is -0.998. The Bertz CT molecular complexity index is 965. The van der Waals surface area contributed by atoms with Crippen LogP contribution in [0.15, 0.2) is 59.5 Å². The molecular formula is C20H21NO5S2. The van der Waals surface area contributed by atoms with Crippen molar-refractivity contribution >= 4 is 45.3 Å². The lowest BCUT2D eigenvalue weighted by Gasteiger charge is -2.11. The minimum Gasteiger partial charge on any atom is -0.451 e. The molecule has 0 bridgehead atoms. The van der Waals surface area contributed by atoms with Gasteiger partial charge in [-0.05, 0) is 61.2 Å². The highest BCUT2D eigenvalue weighted by molar-refractivity contribution is 7.98. The molecule has 148 valence electrons. The third-order valence-electron chi connectivity index (χ3n) is 3.66. The van der Waals surface area contributed by atoms with E-state index in [1.54, 1.807) is 17.8 Å². The number of thioether (sulfide) groups is 1. The largest absolute Gasteiger partial charge is 0.451 e. The lowest BCUT2D eigenvalue weighted by molar-refractivity contribution is -0.140. The predicted octanol–water partition coefficient (Wildman–Crippen LogP) is 3.61. The summed E-state index contributed by atoms with van der Waals surface area (Å²) < 4.78 is 29.9. The molecule has 0 amide bonds. The van der Waals surface area contributed by atoms with Crippen LogP contribution in [0.4, 0.5) is 5.69 Å². The second-order valence-corrected chi connectivity index (χ2v) is 8.63. The van der Waals surface area contributed by atoms with E-state index >= 15 is 0 Å². The van der Waals surface area contributed by atoms with Crippen LogP contribution in [0.2, 0.25) is 0 Å². The zero-order chi connectivity index (χ0) is 20.7. The summed E-state index contributed by atoms with van der Waals surface area (Å²) in [4.78, 5) is 25.5. The molecule has 0 fully saturated rings. The first-order valence-corrected chi connectivity index (χ1v) is 11.4. The first-order valence-electron chi connectivity index (χ1n) is 8.33. The van der Waals surface area contributed by atoms with Gasteiger partial charge in [-0.25, -0.2) is 13.2 Å². The van der Waals surface area contributed by atoms with Crippen molar-refractivity contribution < 1.29 is 22.7 Å². The molecule has 2 aromatic rings. The van der Waals surface area contributed by atoms with Gasteiger partial charge < -0.3 is 4.74 Å². The third kappa shape index (κ3) is 6.86. The van der Waals surface area contributed by atoms with Crippen molar-refractivity contribution in [2.75, 3.05) is 17.2 Å². The van der Waals surface area contributed by atoms with Crippen LogP contribution < -0.4 is 4.72 Å². The van der Waals surface area contributed by atoms with Gasteiger partial charge in [-0.15, -0.1) is 11.8 Å². The Hall–Kier alpha value is -2.58. The number of carbonyl (C=O) groups is 2. The number of anilines is 1. The fourth-order valence-corrected chi connectivity index (χ4v) is 3.27. The minimum absolute atomic E-state index is 0.316. The van der Waals surface area contributed by atoms with Crippen LogP contribution in [0.25, 0.3) is 6.08 Å². The Balaban J connectivity index is 1.95. The van der Waals surface area contributed by atoms with Gasteiger partial charge in [0.1, 0.15) is 0 Å². The molecule has 1 atom stereocenters. The maximum Gasteiger partial charge on any atom is 0.331 e. The van der Waals surface area contributed by atoms with Gasteiger partial charge in [0.15, 0.2) is 6.10 Å². The standard InChI is InChI=1S/C20H21NO5S2/c1-14(20(23)16-7-9-17(10-8-16)21-28(3,24)25)26-19(22)13-6-15-4-11-18(27-2)12-5-15/h4-14,21H,1-3H3/b13-6+. The highest BCUT2D eigenvalue weighted by Crippen LogP contribution is 2.16. The number of Topliss-reactive ketones (excluding diaryl/α,β-unsaturated/α-hetero) is 1. The van der Waals surface area contributed by atoms with E-state index in [0.717, 1.165) is 16.7 Å². The van der Waals surface area contributed by atoms with E-state index in [1.807, 2.05) is 30.5 Å². The Morgan fingerprint density at radius 3 is 2.21 bits per heavy atom. The van der Waals surface area contributed by atoms with Gasteiger partial charge in [0, 0.05) is 22.2 Å². The first-order chi connectivity index (χ1) is 13.2. The van der Waals surface area contributed by atoms with Gasteiger partial charge in [-0.3, -0.25) is 9.52 Å². The van der Waals surface area contributed by atoms with E-state index in [2.05, 4.69) is 4.72 Å². The molecule has 0 spiro atoms. The average molecular weight is 420 g/mol. The second-order valence-electron chi connectivity index (χ2n) is 6.00. The van der Waals surface area contributed by atoms with Crippen LogP contribution in [0.3, 0.4) is 0 Å². The monoisotopic (exact) mass is 419 g/mol. The number of esters is 1. The number of ketones is 1. The number of carbonyl (C=O) groups excluding carboxylic acids is 2. The zero-order valence-corrected chi connectivity index (χ0v) is 17.3. The molecule has 0 aromatic heterocycles. The molecule has 1 N–H and O–H groups in total. The van der Waals surface area contributed by atoms with Crippen LogP contribution in [-0.2, 0) is 19.6 Å². The van der Waals surface area contributed by atoms with E-state index in [-0.39, 0.29) is 5.78 Å². The van der Waals surface area contributed by atoms with Gasteiger partial charge in [-0.1, -0.05) is 12.1 Å². The molecule has 0 aliphatic carbocycles. The molecule has 0 aliphatic heterocycles. The molecule has 0 heterocycles. The smallest absolute Gasteiger partial charge is 0.331 e. The Labute approximate surface area is 169 Å². The van der Waals surface area contributed by atoms with Crippen LogP contribution in [0.5, 0.6) is 0 Å². The van der Waals surface area contributed by atoms with Crippen molar-refractivity contribution in [3.05, 3.63) is 65.7 Å². The van der Waals surface area contributed by atoms with E-state index in [9.17, 15) is 18.0 Å². The molecule has 2 aromatic carbocycles. The molecule has 0 radical (unpaired) electrons. The zero-order valence-electron chi connectivity index (χ0n) is 15.7.